The minimum Gasteiger partial charge on any atom is -0.452 e. The van der Waals surface area contributed by atoms with Crippen molar-refractivity contribution in [3.63, 3.8) is 0 Å². The number of hydrogen-bond donors (Lipinski definition) is 1. The Balaban J connectivity index is 1.42. The molecule has 3 rings (SSSR count). The third kappa shape index (κ3) is 4.92. The van der Waals surface area contributed by atoms with Crippen LogP contribution in [0.1, 0.15) is 77.6 Å². The number of likely N-dealkylation sites (tertiary alicyclic amines) is 1. The Morgan fingerprint density at radius 1 is 0.964 bits per heavy atom. The highest BCUT2D eigenvalue weighted by Crippen LogP contribution is 2.37. The highest BCUT2D eigenvalue weighted by Gasteiger charge is 2.47. The molecule has 1 heterocycles. The van der Waals surface area contributed by atoms with Crippen LogP contribution < -0.4 is 5.32 Å². The lowest BCUT2D eigenvalue weighted by molar-refractivity contribution is -0.156. The predicted octanol–water partition coefficient (Wildman–Crippen LogP) is 2.32. The van der Waals surface area contributed by atoms with Gasteiger partial charge >= 0.3 is 5.97 Å². The standard InChI is InChI=1S/C21H32N2O5/c1-14(19(25)22-15-8-4-2-3-5-9-15)28-18(24)12-13-23-20(26)16-10-6-7-11-17(16)21(23)27/h14-17H,2-13H2,1H3,(H,22,25)/t14-,16-,17+/m1/s1. The molecule has 3 atom stereocenters. The van der Waals surface area contributed by atoms with Crippen molar-refractivity contribution in [1.82, 2.24) is 10.2 Å². The molecule has 2 aliphatic carbocycles. The number of carbonyl (C=O) groups is 4. The SMILES string of the molecule is C[C@@H](OC(=O)CCN1C(=O)[C@H]2CCCC[C@H]2C1=O)C(=O)NC1CCCCCC1. The summed E-state index contributed by atoms with van der Waals surface area (Å²) >= 11 is 0. The van der Waals surface area contributed by atoms with Gasteiger partial charge < -0.3 is 10.1 Å². The van der Waals surface area contributed by atoms with Crippen LogP contribution in [0.5, 0.6) is 0 Å². The van der Waals surface area contributed by atoms with E-state index >= 15 is 0 Å². The van der Waals surface area contributed by atoms with Gasteiger partial charge in [0.2, 0.25) is 11.8 Å². The molecule has 3 amide bonds. The third-order valence-corrected chi connectivity index (χ3v) is 6.35. The number of ether oxygens (including phenoxy) is 1. The summed E-state index contributed by atoms with van der Waals surface area (Å²) in [6, 6.07) is 0.152. The highest BCUT2D eigenvalue weighted by atomic mass is 16.5. The molecule has 0 aromatic rings. The van der Waals surface area contributed by atoms with Crippen molar-refractivity contribution < 1.29 is 23.9 Å². The number of amides is 3. The molecule has 1 N–H and O–H groups in total. The molecule has 0 unspecified atom stereocenters. The van der Waals surface area contributed by atoms with Crippen LogP contribution in [-0.2, 0) is 23.9 Å². The van der Waals surface area contributed by atoms with Crippen molar-refractivity contribution in [3.05, 3.63) is 0 Å². The summed E-state index contributed by atoms with van der Waals surface area (Å²) in [4.78, 5) is 50.5. The Bertz CT molecular complexity index is 588. The molecule has 1 saturated heterocycles. The predicted molar refractivity (Wildman–Crippen MR) is 102 cm³/mol. The second-order valence-electron chi connectivity index (χ2n) is 8.40. The van der Waals surface area contributed by atoms with Gasteiger partial charge in [0.1, 0.15) is 0 Å². The first-order valence-electron chi connectivity index (χ1n) is 10.8. The number of imide groups is 1. The maximum atomic E-state index is 12.4. The molecule has 7 nitrogen and oxygen atoms in total. The Morgan fingerprint density at radius 3 is 2.07 bits per heavy atom. The first-order chi connectivity index (χ1) is 13.5. The van der Waals surface area contributed by atoms with E-state index in [0.29, 0.717) is 0 Å². The lowest BCUT2D eigenvalue weighted by Crippen LogP contribution is -2.42. The van der Waals surface area contributed by atoms with Gasteiger partial charge in [0.15, 0.2) is 6.10 Å². The molecule has 2 saturated carbocycles. The van der Waals surface area contributed by atoms with Crippen molar-refractivity contribution in [1.29, 1.82) is 0 Å². The van der Waals surface area contributed by atoms with Gasteiger partial charge in [-0.25, -0.2) is 0 Å². The van der Waals surface area contributed by atoms with Gasteiger partial charge in [0, 0.05) is 12.6 Å². The zero-order valence-corrected chi connectivity index (χ0v) is 16.8. The molecule has 156 valence electrons. The topological polar surface area (TPSA) is 92.8 Å². The first-order valence-corrected chi connectivity index (χ1v) is 10.8. The van der Waals surface area contributed by atoms with Crippen LogP contribution in [0.2, 0.25) is 0 Å². The van der Waals surface area contributed by atoms with E-state index in [9.17, 15) is 19.2 Å². The quantitative estimate of drug-likeness (QED) is 0.425. The van der Waals surface area contributed by atoms with E-state index in [1.54, 1.807) is 6.92 Å². The number of esters is 1. The van der Waals surface area contributed by atoms with Crippen molar-refractivity contribution in [2.45, 2.75) is 89.7 Å². The number of hydrogen-bond acceptors (Lipinski definition) is 5. The minimum absolute atomic E-state index is 0.0421. The second-order valence-corrected chi connectivity index (χ2v) is 8.40. The van der Waals surface area contributed by atoms with E-state index in [4.69, 9.17) is 4.74 Å². The van der Waals surface area contributed by atoms with Crippen molar-refractivity contribution >= 4 is 23.7 Å². The molecule has 28 heavy (non-hydrogen) atoms. The smallest absolute Gasteiger partial charge is 0.308 e. The van der Waals surface area contributed by atoms with E-state index in [1.807, 2.05) is 0 Å². The summed E-state index contributed by atoms with van der Waals surface area (Å²) in [7, 11) is 0. The van der Waals surface area contributed by atoms with E-state index < -0.39 is 12.1 Å². The third-order valence-electron chi connectivity index (χ3n) is 6.35. The van der Waals surface area contributed by atoms with Crippen LogP contribution in [-0.4, -0.2) is 47.3 Å². The molecule has 1 aliphatic heterocycles. The summed E-state index contributed by atoms with van der Waals surface area (Å²) in [6.07, 6.45) is 9.08. The number of rotatable bonds is 6. The molecule has 0 bridgehead atoms. The van der Waals surface area contributed by atoms with E-state index in [0.717, 1.165) is 51.4 Å². The summed E-state index contributed by atoms with van der Waals surface area (Å²) in [5, 5.41) is 2.97. The maximum Gasteiger partial charge on any atom is 0.308 e. The Hall–Kier alpha value is -1.92. The first kappa shape index (κ1) is 20.8. The lowest BCUT2D eigenvalue weighted by atomic mass is 9.81. The number of carbonyl (C=O) groups excluding carboxylic acids is 4. The van der Waals surface area contributed by atoms with Gasteiger partial charge in [-0.05, 0) is 32.6 Å². The Kier molecular flexibility index (Phi) is 7.08. The minimum atomic E-state index is -0.872. The van der Waals surface area contributed by atoms with Gasteiger partial charge in [0.05, 0.1) is 18.3 Å². The average Bonchev–Trinajstić information content (AvgIpc) is 2.85. The number of fused-ring (bicyclic) bond motifs is 1. The van der Waals surface area contributed by atoms with Gasteiger partial charge in [-0.2, -0.15) is 0 Å². The Morgan fingerprint density at radius 2 is 1.50 bits per heavy atom. The molecule has 3 fully saturated rings. The summed E-state index contributed by atoms with van der Waals surface area (Å²) in [5.41, 5.74) is 0. The van der Waals surface area contributed by atoms with Crippen LogP contribution in [0.25, 0.3) is 0 Å². The number of nitrogens with zero attached hydrogens (tertiary/aromatic N) is 1. The lowest BCUT2D eigenvalue weighted by Gasteiger charge is -2.20. The van der Waals surface area contributed by atoms with Gasteiger partial charge in [0.25, 0.3) is 5.91 Å². The Labute approximate surface area is 166 Å². The van der Waals surface area contributed by atoms with Gasteiger partial charge in [-0.1, -0.05) is 38.5 Å². The highest BCUT2D eigenvalue weighted by molar-refractivity contribution is 6.05. The summed E-state index contributed by atoms with van der Waals surface area (Å²) < 4.78 is 5.23. The van der Waals surface area contributed by atoms with Crippen LogP contribution in [0.3, 0.4) is 0 Å². The average molecular weight is 392 g/mol. The van der Waals surface area contributed by atoms with Crippen molar-refractivity contribution in [2.75, 3.05) is 6.54 Å². The monoisotopic (exact) mass is 392 g/mol. The van der Waals surface area contributed by atoms with E-state index in [1.165, 1.54) is 17.7 Å². The molecular weight excluding hydrogens is 360 g/mol. The molecule has 0 aromatic heterocycles. The van der Waals surface area contributed by atoms with Crippen LogP contribution in [0.4, 0.5) is 0 Å². The zero-order chi connectivity index (χ0) is 20.1. The number of nitrogens with one attached hydrogen (secondary N) is 1. The maximum absolute atomic E-state index is 12.4. The molecule has 3 aliphatic rings. The molecule has 0 spiro atoms. The molecular formula is C21H32N2O5. The van der Waals surface area contributed by atoms with Crippen molar-refractivity contribution in [3.8, 4) is 0 Å². The van der Waals surface area contributed by atoms with Gasteiger partial charge in [-0.3, -0.25) is 24.1 Å². The van der Waals surface area contributed by atoms with Gasteiger partial charge in [-0.15, -0.1) is 0 Å². The van der Waals surface area contributed by atoms with Crippen molar-refractivity contribution in [2.24, 2.45) is 11.8 Å². The second kappa shape index (κ2) is 9.52. The van der Waals surface area contributed by atoms with E-state index in [-0.39, 0.29) is 48.6 Å². The molecule has 0 radical (unpaired) electrons. The zero-order valence-electron chi connectivity index (χ0n) is 16.8. The fourth-order valence-electron chi connectivity index (χ4n) is 4.71. The summed E-state index contributed by atoms with van der Waals surface area (Å²) in [6.45, 7) is 1.60. The fraction of sp³-hybridized carbons (Fsp3) is 0.810. The van der Waals surface area contributed by atoms with Crippen LogP contribution in [0.15, 0.2) is 0 Å². The fourth-order valence-corrected chi connectivity index (χ4v) is 4.71. The molecule has 7 heteroatoms. The molecule has 0 aromatic carbocycles. The van der Waals surface area contributed by atoms with Crippen LogP contribution >= 0.6 is 0 Å². The normalized spacial score (nSPS) is 27.1. The summed E-state index contributed by atoms with van der Waals surface area (Å²) in [5.74, 6) is -1.55. The van der Waals surface area contributed by atoms with Crippen LogP contribution in [0, 0.1) is 11.8 Å². The van der Waals surface area contributed by atoms with E-state index in [2.05, 4.69) is 5.32 Å². The largest absolute Gasteiger partial charge is 0.452 e.